The zero-order valence-electron chi connectivity index (χ0n) is 16.5. The predicted molar refractivity (Wildman–Crippen MR) is 115 cm³/mol. The fourth-order valence-corrected chi connectivity index (χ4v) is 3.88. The average molecular weight is 377 g/mol. The lowest BCUT2D eigenvalue weighted by molar-refractivity contribution is 0.154. The lowest BCUT2D eigenvalue weighted by atomic mass is 10.0. The van der Waals surface area contributed by atoms with Crippen LogP contribution in [0.25, 0.3) is 10.9 Å². The Morgan fingerprint density at radius 2 is 1.96 bits per heavy atom. The number of aliphatic hydroxyl groups is 1. The number of anilines is 2. The highest BCUT2D eigenvalue weighted by atomic mass is 16.3. The van der Waals surface area contributed by atoms with Crippen LogP contribution in [-0.4, -0.2) is 29.3 Å². The van der Waals surface area contributed by atoms with Gasteiger partial charge in [-0.1, -0.05) is 12.1 Å². The zero-order chi connectivity index (χ0) is 19.7. The number of pyridine rings is 1. The number of aromatic amines is 1. The lowest BCUT2D eigenvalue weighted by Crippen LogP contribution is -2.38. The number of nitrogens with one attached hydrogen (secondary N) is 2. The number of hydrogen-bond donors (Lipinski definition) is 3. The molecule has 0 unspecified atom stereocenters. The summed E-state index contributed by atoms with van der Waals surface area (Å²) in [6, 6.07) is 14.3. The predicted octanol–water partition coefficient (Wildman–Crippen LogP) is 3.72. The smallest absolute Gasteiger partial charge is 0.253 e. The van der Waals surface area contributed by atoms with Crippen molar-refractivity contribution >= 4 is 22.3 Å². The summed E-state index contributed by atoms with van der Waals surface area (Å²) in [6.07, 6.45) is 1.67. The van der Waals surface area contributed by atoms with Crippen LogP contribution in [-0.2, 0) is 6.54 Å². The van der Waals surface area contributed by atoms with Gasteiger partial charge in [0.05, 0.1) is 11.6 Å². The molecule has 0 bridgehead atoms. The third kappa shape index (κ3) is 3.76. The number of fused-ring (bicyclic) bond motifs is 1. The van der Waals surface area contributed by atoms with Crippen molar-refractivity contribution in [2.75, 3.05) is 23.3 Å². The summed E-state index contributed by atoms with van der Waals surface area (Å²) in [6.45, 7) is 6.23. The molecule has 0 saturated carbocycles. The molecule has 1 saturated heterocycles. The molecule has 1 aliphatic rings. The number of rotatable bonds is 4. The van der Waals surface area contributed by atoms with E-state index in [1.807, 2.05) is 25.1 Å². The molecule has 1 fully saturated rings. The molecule has 4 rings (SSSR count). The van der Waals surface area contributed by atoms with Crippen LogP contribution >= 0.6 is 0 Å². The van der Waals surface area contributed by atoms with E-state index in [2.05, 4.69) is 46.4 Å². The van der Waals surface area contributed by atoms with Crippen LogP contribution in [0.1, 0.15) is 29.5 Å². The van der Waals surface area contributed by atoms with Crippen molar-refractivity contribution in [1.29, 1.82) is 0 Å². The van der Waals surface area contributed by atoms with Crippen molar-refractivity contribution in [1.82, 2.24) is 4.98 Å². The van der Waals surface area contributed by atoms with E-state index >= 15 is 0 Å². The van der Waals surface area contributed by atoms with Crippen molar-refractivity contribution in [2.45, 2.75) is 39.3 Å². The van der Waals surface area contributed by atoms with Gasteiger partial charge in [0.1, 0.15) is 0 Å². The average Bonchev–Trinajstić information content (AvgIpc) is 2.70. The SMILES string of the molecule is Cc1ccc2cc(CNc3ccc(N4CCC[C@@H](O)C4)cc3)c(=O)[nH]c2c1C. The molecule has 0 aliphatic carbocycles. The Kier molecular flexibility index (Phi) is 5.09. The number of benzene rings is 2. The summed E-state index contributed by atoms with van der Waals surface area (Å²) in [5.41, 5.74) is 5.98. The van der Waals surface area contributed by atoms with Crippen LogP contribution in [0, 0.1) is 13.8 Å². The number of H-pyrrole nitrogens is 1. The van der Waals surface area contributed by atoms with Gasteiger partial charge in [-0.3, -0.25) is 4.79 Å². The van der Waals surface area contributed by atoms with Crippen LogP contribution in [0.4, 0.5) is 11.4 Å². The first-order valence-corrected chi connectivity index (χ1v) is 9.90. The molecule has 3 N–H and O–H groups in total. The van der Waals surface area contributed by atoms with Crippen LogP contribution in [0.15, 0.2) is 47.3 Å². The first-order valence-electron chi connectivity index (χ1n) is 9.90. The van der Waals surface area contributed by atoms with E-state index in [4.69, 9.17) is 0 Å². The van der Waals surface area contributed by atoms with Crippen molar-refractivity contribution in [3.8, 4) is 0 Å². The first-order chi connectivity index (χ1) is 13.5. The van der Waals surface area contributed by atoms with Gasteiger partial charge in [0.15, 0.2) is 0 Å². The van der Waals surface area contributed by atoms with Gasteiger partial charge < -0.3 is 20.3 Å². The monoisotopic (exact) mass is 377 g/mol. The second kappa shape index (κ2) is 7.68. The van der Waals surface area contributed by atoms with E-state index in [-0.39, 0.29) is 11.7 Å². The lowest BCUT2D eigenvalue weighted by Gasteiger charge is -2.32. The Hall–Kier alpha value is -2.79. The molecule has 5 nitrogen and oxygen atoms in total. The third-order valence-corrected chi connectivity index (χ3v) is 5.74. The summed E-state index contributed by atoms with van der Waals surface area (Å²) < 4.78 is 0. The number of aromatic nitrogens is 1. The molecular weight excluding hydrogens is 350 g/mol. The van der Waals surface area contributed by atoms with Gasteiger partial charge in [0, 0.05) is 36.6 Å². The van der Waals surface area contributed by atoms with Gasteiger partial charge in [-0.05, 0) is 73.5 Å². The van der Waals surface area contributed by atoms with E-state index in [0.717, 1.165) is 52.8 Å². The maximum Gasteiger partial charge on any atom is 0.253 e. The standard InChI is InChI=1S/C23H27N3O2/c1-15-5-6-17-12-18(23(28)25-22(17)16(15)2)13-24-19-7-9-20(10-8-19)26-11-3-4-21(27)14-26/h5-10,12,21,24,27H,3-4,11,13-14H2,1-2H3,(H,25,28)/t21-/m1/s1. The highest BCUT2D eigenvalue weighted by Gasteiger charge is 2.17. The molecule has 0 amide bonds. The zero-order valence-corrected chi connectivity index (χ0v) is 16.5. The minimum absolute atomic E-state index is 0.0485. The number of nitrogens with zero attached hydrogens (tertiary/aromatic N) is 1. The van der Waals surface area contributed by atoms with Crippen molar-refractivity contribution < 1.29 is 5.11 Å². The summed E-state index contributed by atoms with van der Waals surface area (Å²) in [4.78, 5) is 17.7. The fourth-order valence-electron chi connectivity index (χ4n) is 3.88. The number of piperidine rings is 1. The van der Waals surface area contributed by atoms with Crippen LogP contribution in [0.2, 0.25) is 0 Å². The minimum atomic E-state index is -0.237. The molecular formula is C23H27N3O2. The first kappa shape index (κ1) is 18.6. The van der Waals surface area contributed by atoms with E-state index in [9.17, 15) is 9.90 Å². The molecule has 5 heteroatoms. The number of aryl methyl sites for hydroxylation is 2. The van der Waals surface area contributed by atoms with E-state index in [1.165, 1.54) is 5.56 Å². The molecule has 28 heavy (non-hydrogen) atoms. The summed E-state index contributed by atoms with van der Waals surface area (Å²) in [5.74, 6) is 0. The van der Waals surface area contributed by atoms with E-state index in [1.54, 1.807) is 0 Å². The molecule has 3 aromatic rings. The van der Waals surface area contributed by atoms with Gasteiger partial charge >= 0.3 is 0 Å². The molecule has 1 aromatic heterocycles. The quantitative estimate of drug-likeness (QED) is 0.648. The molecule has 1 atom stereocenters. The van der Waals surface area contributed by atoms with E-state index in [0.29, 0.717) is 13.1 Å². The van der Waals surface area contributed by atoms with Crippen LogP contribution < -0.4 is 15.8 Å². The maximum absolute atomic E-state index is 12.5. The van der Waals surface area contributed by atoms with Crippen LogP contribution in [0.5, 0.6) is 0 Å². The highest BCUT2D eigenvalue weighted by Crippen LogP contribution is 2.23. The highest BCUT2D eigenvalue weighted by molar-refractivity contribution is 5.83. The second-order valence-electron chi connectivity index (χ2n) is 7.74. The summed E-state index contributed by atoms with van der Waals surface area (Å²) in [5, 5.41) is 14.3. The van der Waals surface area contributed by atoms with Crippen molar-refractivity contribution in [2.24, 2.45) is 0 Å². The van der Waals surface area contributed by atoms with E-state index < -0.39 is 0 Å². The van der Waals surface area contributed by atoms with Crippen molar-refractivity contribution in [3.63, 3.8) is 0 Å². The Morgan fingerprint density at radius 3 is 2.71 bits per heavy atom. The normalized spacial score (nSPS) is 17.1. The van der Waals surface area contributed by atoms with Gasteiger partial charge in [0.25, 0.3) is 5.56 Å². The number of aliphatic hydroxyl groups excluding tert-OH is 1. The topological polar surface area (TPSA) is 68.4 Å². The Morgan fingerprint density at radius 1 is 1.18 bits per heavy atom. The van der Waals surface area contributed by atoms with Crippen LogP contribution in [0.3, 0.4) is 0 Å². The number of β-amino-alcohol motifs (C(OH)–C–C–N with tert-alkyl or cyclic N) is 1. The second-order valence-corrected chi connectivity index (χ2v) is 7.74. The van der Waals surface area contributed by atoms with Gasteiger partial charge in [-0.25, -0.2) is 0 Å². The molecule has 146 valence electrons. The van der Waals surface area contributed by atoms with Gasteiger partial charge in [-0.15, -0.1) is 0 Å². The Balaban J connectivity index is 1.48. The summed E-state index contributed by atoms with van der Waals surface area (Å²) in [7, 11) is 0. The molecule has 2 aromatic carbocycles. The molecule has 0 spiro atoms. The fraction of sp³-hybridized carbons (Fsp3) is 0.348. The Labute approximate surface area is 165 Å². The molecule has 1 aliphatic heterocycles. The van der Waals surface area contributed by atoms with Crippen molar-refractivity contribution in [3.05, 3.63) is 69.5 Å². The largest absolute Gasteiger partial charge is 0.391 e. The molecule has 0 radical (unpaired) electrons. The van der Waals surface area contributed by atoms with Gasteiger partial charge in [0.2, 0.25) is 0 Å². The summed E-state index contributed by atoms with van der Waals surface area (Å²) >= 11 is 0. The third-order valence-electron chi connectivity index (χ3n) is 5.74. The maximum atomic E-state index is 12.5. The number of hydrogen-bond acceptors (Lipinski definition) is 4. The van der Waals surface area contributed by atoms with Gasteiger partial charge in [-0.2, -0.15) is 0 Å². The minimum Gasteiger partial charge on any atom is -0.391 e. The molecule has 2 heterocycles. The Bertz CT molecular complexity index is 1040.